The number of carbonyl (C=O) groups excluding carboxylic acids is 1. The van der Waals surface area contributed by atoms with Crippen molar-refractivity contribution in [2.45, 2.75) is 161 Å². The lowest BCUT2D eigenvalue weighted by Crippen LogP contribution is -2.29. The Hall–Kier alpha value is -2.10. The van der Waals surface area contributed by atoms with E-state index in [0.29, 0.717) is 13.0 Å². The SMILES string of the molecule is CC/C=C\C/C=C\C/C=C\C/C=C\C/C=C\C/C=C\CCCCCCC(=O)OC(COCCCCCCCCCCC)COP(=O)(O)OCC(O)CO. The summed E-state index contributed by atoms with van der Waals surface area (Å²) in [4.78, 5) is 22.5. The first kappa shape index (κ1) is 50.9. The predicted octanol–water partition coefficient (Wildman–Crippen LogP) is 11.0. The number of unbranched alkanes of at least 4 members (excludes halogenated alkanes) is 12. The molecule has 0 spiro atoms. The van der Waals surface area contributed by atoms with Gasteiger partial charge in [-0.1, -0.05) is 151 Å². The number of aliphatic hydroxyl groups excluding tert-OH is 2. The second kappa shape index (κ2) is 39.6. The zero-order chi connectivity index (χ0) is 38.9. The summed E-state index contributed by atoms with van der Waals surface area (Å²) < 4.78 is 33.2. The van der Waals surface area contributed by atoms with Crippen molar-refractivity contribution < 1.29 is 43.0 Å². The van der Waals surface area contributed by atoms with Crippen molar-refractivity contribution in [3.63, 3.8) is 0 Å². The van der Waals surface area contributed by atoms with Crippen LogP contribution in [0.4, 0.5) is 0 Å². The summed E-state index contributed by atoms with van der Waals surface area (Å²) in [6, 6.07) is 0. The minimum Gasteiger partial charge on any atom is -0.457 e. The molecule has 9 nitrogen and oxygen atoms in total. The van der Waals surface area contributed by atoms with E-state index in [1.807, 2.05) is 0 Å². The van der Waals surface area contributed by atoms with E-state index in [-0.39, 0.29) is 13.0 Å². The summed E-state index contributed by atoms with van der Waals surface area (Å²) in [5.74, 6) is -0.411. The van der Waals surface area contributed by atoms with Crippen LogP contribution in [-0.4, -0.2) is 66.3 Å². The Balaban J connectivity index is 4.21. The first-order valence-electron chi connectivity index (χ1n) is 20.4. The van der Waals surface area contributed by atoms with E-state index in [1.165, 1.54) is 38.5 Å². The minimum atomic E-state index is -4.52. The van der Waals surface area contributed by atoms with Gasteiger partial charge in [-0.15, -0.1) is 0 Å². The van der Waals surface area contributed by atoms with Crippen molar-refractivity contribution in [1.82, 2.24) is 0 Å². The van der Waals surface area contributed by atoms with E-state index in [1.54, 1.807) is 0 Å². The number of ether oxygens (including phenoxy) is 2. The highest BCUT2D eigenvalue weighted by atomic mass is 31.2. The number of hydrogen-bond donors (Lipinski definition) is 3. The van der Waals surface area contributed by atoms with Crippen LogP contribution < -0.4 is 0 Å². The molecule has 0 aromatic rings. The van der Waals surface area contributed by atoms with E-state index in [0.717, 1.165) is 83.5 Å². The van der Waals surface area contributed by atoms with Crippen LogP contribution in [0, 0.1) is 0 Å². The fraction of sp³-hybridized carbons (Fsp3) is 0.698. The van der Waals surface area contributed by atoms with Crippen LogP contribution in [0.15, 0.2) is 72.9 Å². The molecule has 0 saturated carbocycles. The second-order valence-electron chi connectivity index (χ2n) is 13.3. The first-order chi connectivity index (χ1) is 25.8. The zero-order valence-electron chi connectivity index (χ0n) is 33.2. The van der Waals surface area contributed by atoms with Gasteiger partial charge in [0.15, 0.2) is 0 Å². The largest absolute Gasteiger partial charge is 0.472 e. The molecule has 0 aliphatic heterocycles. The number of aliphatic hydroxyl groups is 2. The maximum Gasteiger partial charge on any atom is 0.472 e. The number of allylic oxidation sites excluding steroid dienone is 12. The van der Waals surface area contributed by atoms with Gasteiger partial charge in [-0.25, -0.2) is 4.57 Å². The number of esters is 1. The second-order valence-corrected chi connectivity index (χ2v) is 14.7. The molecule has 0 saturated heterocycles. The molecule has 0 aliphatic carbocycles. The van der Waals surface area contributed by atoms with Crippen LogP contribution in [0.2, 0.25) is 0 Å². The molecule has 3 atom stereocenters. The monoisotopic (exact) mass is 767 g/mol. The van der Waals surface area contributed by atoms with Gasteiger partial charge in [0.1, 0.15) is 12.2 Å². The smallest absolute Gasteiger partial charge is 0.457 e. The van der Waals surface area contributed by atoms with E-state index >= 15 is 0 Å². The standard InChI is InChI=1S/C43H75O9P/c1-3-5-7-9-11-13-14-15-16-17-18-19-20-21-22-23-24-25-26-27-29-31-33-35-43(46)52-42(40-51-53(47,48)50-38-41(45)37-44)39-49-36-34-32-30-28-12-10-8-6-4-2/h5,7,11,13,15-16,18-19,21-22,24-25,41-42,44-45H,3-4,6,8-10,12,14,17,20,23,26-40H2,1-2H3,(H,47,48)/b7-5-,13-11-,16-15-,19-18-,22-21-,25-24-. The van der Waals surface area contributed by atoms with Crippen LogP contribution in [0.5, 0.6) is 0 Å². The van der Waals surface area contributed by atoms with Gasteiger partial charge in [0.2, 0.25) is 0 Å². The number of phosphoric acid groups is 1. The lowest BCUT2D eigenvalue weighted by atomic mass is 10.1. The zero-order valence-corrected chi connectivity index (χ0v) is 34.1. The van der Waals surface area contributed by atoms with Crippen molar-refractivity contribution in [3.8, 4) is 0 Å². The summed E-state index contributed by atoms with van der Waals surface area (Å²) in [5.41, 5.74) is 0. The average Bonchev–Trinajstić information content (AvgIpc) is 3.15. The van der Waals surface area contributed by atoms with Crippen molar-refractivity contribution in [2.24, 2.45) is 0 Å². The quantitative estimate of drug-likeness (QED) is 0.0243. The van der Waals surface area contributed by atoms with E-state index in [4.69, 9.17) is 23.6 Å². The lowest BCUT2D eigenvalue weighted by Gasteiger charge is -2.20. The number of hydrogen-bond acceptors (Lipinski definition) is 8. The van der Waals surface area contributed by atoms with E-state index < -0.39 is 45.8 Å². The molecule has 0 aromatic heterocycles. The van der Waals surface area contributed by atoms with Crippen molar-refractivity contribution in [2.75, 3.05) is 33.0 Å². The van der Waals surface area contributed by atoms with Crippen LogP contribution in [0.1, 0.15) is 149 Å². The Kier molecular flexibility index (Phi) is 38.0. The third kappa shape index (κ3) is 39.4. The molecule has 3 N–H and O–H groups in total. The third-order valence-corrected chi connectivity index (χ3v) is 9.11. The molecule has 0 aromatic carbocycles. The van der Waals surface area contributed by atoms with Gasteiger partial charge in [-0.3, -0.25) is 13.8 Å². The molecule has 0 amide bonds. The Morgan fingerprint density at radius 3 is 1.62 bits per heavy atom. The fourth-order valence-electron chi connectivity index (χ4n) is 5.06. The van der Waals surface area contributed by atoms with Gasteiger partial charge in [0, 0.05) is 13.0 Å². The summed E-state index contributed by atoms with van der Waals surface area (Å²) >= 11 is 0. The highest BCUT2D eigenvalue weighted by Crippen LogP contribution is 2.43. The molecule has 10 heteroatoms. The minimum absolute atomic E-state index is 0.0357. The maximum atomic E-state index is 12.6. The van der Waals surface area contributed by atoms with Crippen molar-refractivity contribution >= 4 is 13.8 Å². The van der Waals surface area contributed by atoms with Crippen molar-refractivity contribution in [1.29, 1.82) is 0 Å². The summed E-state index contributed by atoms with van der Waals surface area (Å²) in [5, 5.41) is 18.3. The normalized spacial score (nSPS) is 14.9. The van der Waals surface area contributed by atoms with Gasteiger partial charge in [0.25, 0.3) is 0 Å². The Morgan fingerprint density at radius 1 is 0.604 bits per heavy atom. The molecular weight excluding hydrogens is 691 g/mol. The fourth-order valence-corrected chi connectivity index (χ4v) is 5.85. The van der Waals surface area contributed by atoms with Gasteiger partial charge in [-0.2, -0.15) is 0 Å². The van der Waals surface area contributed by atoms with Crippen LogP contribution in [0.3, 0.4) is 0 Å². The molecule has 0 bridgehead atoms. The van der Waals surface area contributed by atoms with Gasteiger partial charge in [-0.05, 0) is 64.2 Å². The number of rotatable bonds is 38. The van der Waals surface area contributed by atoms with Crippen LogP contribution in [0.25, 0.3) is 0 Å². The molecule has 53 heavy (non-hydrogen) atoms. The highest BCUT2D eigenvalue weighted by molar-refractivity contribution is 7.47. The average molecular weight is 767 g/mol. The molecule has 3 unspecified atom stereocenters. The van der Waals surface area contributed by atoms with Crippen LogP contribution in [-0.2, 0) is 27.9 Å². The lowest BCUT2D eigenvalue weighted by molar-refractivity contribution is -0.154. The Morgan fingerprint density at radius 2 is 1.08 bits per heavy atom. The first-order valence-corrected chi connectivity index (χ1v) is 21.9. The Labute approximate surface area is 322 Å². The molecular formula is C43H75O9P. The Bertz CT molecular complexity index is 1050. The van der Waals surface area contributed by atoms with Gasteiger partial charge < -0.3 is 24.6 Å². The summed E-state index contributed by atoms with van der Waals surface area (Å²) in [6.07, 6.45) is 45.8. The molecule has 0 radical (unpaired) electrons. The van der Waals surface area contributed by atoms with Crippen LogP contribution >= 0.6 is 7.82 Å². The van der Waals surface area contributed by atoms with Crippen molar-refractivity contribution in [3.05, 3.63) is 72.9 Å². The van der Waals surface area contributed by atoms with E-state index in [2.05, 4.69) is 86.8 Å². The highest BCUT2D eigenvalue weighted by Gasteiger charge is 2.26. The summed E-state index contributed by atoms with van der Waals surface area (Å²) in [7, 11) is -4.52. The predicted molar refractivity (Wildman–Crippen MR) is 219 cm³/mol. The van der Waals surface area contributed by atoms with Gasteiger partial charge >= 0.3 is 13.8 Å². The topological polar surface area (TPSA) is 132 Å². The van der Waals surface area contributed by atoms with E-state index in [9.17, 15) is 19.4 Å². The molecule has 0 heterocycles. The maximum absolute atomic E-state index is 12.6. The molecule has 0 aliphatic rings. The van der Waals surface area contributed by atoms with Gasteiger partial charge in [0.05, 0.1) is 26.4 Å². The molecule has 0 fully saturated rings. The number of carbonyl (C=O) groups is 1. The summed E-state index contributed by atoms with van der Waals surface area (Å²) in [6.45, 7) is 3.33. The molecule has 306 valence electrons. The molecule has 0 rings (SSSR count). The third-order valence-electron chi connectivity index (χ3n) is 8.16. The number of phosphoric ester groups is 1.